The zero-order valence-corrected chi connectivity index (χ0v) is 16.0. The van der Waals surface area contributed by atoms with E-state index in [-0.39, 0.29) is 5.91 Å². The Morgan fingerprint density at radius 1 is 1.00 bits per heavy atom. The minimum absolute atomic E-state index is 0.263. The van der Waals surface area contributed by atoms with Crippen molar-refractivity contribution in [3.8, 4) is 0 Å². The minimum Gasteiger partial charge on any atom is -0.396 e. The second kappa shape index (κ2) is 10.3. The first-order valence-corrected chi connectivity index (χ1v) is 9.36. The molecule has 1 aliphatic heterocycles. The van der Waals surface area contributed by atoms with Crippen LogP contribution in [0.1, 0.15) is 16.8 Å². The molecule has 0 radical (unpaired) electrons. The van der Waals surface area contributed by atoms with Crippen LogP contribution < -0.4 is 20.9 Å². The molecule has 3 N–H and O–H groups in total. The summed E-state index contributed by atoms with van der Waals surface area (Å²) in [5, 5.41) is 2.73. The van der Waals surface area contributed by atoms with Gasteiger partial charge in [0.15, 0.2) is 0 Å². The van der Waals surface area contributed by atoms with Crippen molar-refractivity contribution >= 4 is 29.8 Å². The van der Waals surface area contributed by atoms with Gasteiger partial charge in [-0.3, -0.25) is 4.79 Å². The smallest absolute Gasteiger partial charge is 0.254 e. The van der Waals surface area contributed by atoms with E-state index in [1.807, 2.05) is 0 Å². The topological polar surface area (TPSA) is 139 Å². The third-order valence-electron chi connectivity index (χ3n) is 4.32. The van der Waals surface area contributed by atoms with Crippen molar-refractivity contribution in [1.29, 1.82) is 0 Å². The number of hydrogen-bond donors (Lipinski definition) is 2. The number of anilines is 3. The lowest BCUT2D eigenvalue weighted by atomic mass is 10.3. The molecule has 11 nitrogen and oxygen atoms in total. The van der Waals surface area contributed by atoms with Crippen LogP contribution in [-0.4, -0.2) is 78.1 Å². The van der Waals surface area contributed by atoms with Crippen LogP contribution in [0.5, 0.6) is 0 Å². The van der Waals surface area contributed by atoms with Gasteiger partial charge in [-0.2, -0.15) is 0 Å². The molecule has 2 aromatic heterocycles. The van der Waals surface area contributed by atoms with Gasteiger partial charge in [0.2, 0.25) is 11.9 Å². The third-order valence-corrected chi connectivity index (χ3v) is 4.32. The fourth-order valence-electron chi connectivity index (χ4n) is 2.78. The highest BCUT2D eigenvalue weighted by Crippen LogP contribution is 2.15. The van der Waals surface area contributed by atoms with Crippen LogP contribution in [0.4, 0.5) is 17.6 Å². The van der Waals surface area contributed by atoms with Crippen molar-refractivity contribution in [2.24, 2.45) is 0 Å². The molecule has 0 atom stereocenters. The van der Waals surface area contributed by atoms with Gasteiger partial charge in [0.1, 0.15) is 6.29 Å². The molecule has 2 aromatic rings. The SMILES string of the molecule is Nc1cnc(N2CCN(c3ncc(C(=O)NCCOCCC=O)cn3)CC2)nc1. The van der Waals surface area contributed by atoms with E-state index in [4.69, 9.17) is 10.5 Å². The predicted molar refractivity (Wildman–Crippen MR) is 107 cm³/mol. The van der Waals surface area contributed by atoms with Crippen LogP contribution in [0.15, 0.2) is 24.8 Å². The normalized spacial score (nSPS) is 13.9. The molecule has 1 amide bonds. The predicted octanol–water partition coefficient (Wildman–Crippen LogP) is -0.489. The van der Waals surface area contributed by atoms with Crippen LogP contribution in [-0.2, 0) is 9.53 Å². The van der Waals surface area contributed by atoms with Gasteiger partial charge in [-0.05, 0) is 0 Å². The molecule has 154 valence electrons. The quantitative estimate of drug-likeness (QED) is 0.418. The van der Waals surface area contributed by atoms with E-state index in [1.165, 1.54) is 12.4 Å². The summed E-state index contributed by atoms with van der Waals surface area (Å²) in [6, 6.07) is 0. The van der Waals surface area contributed by atoms with Gasteiger partial charge >= 0.3 is 0 Å². The lowest BCUT2D eigenvalue weighted by Crippen LogP contribution is -2.47. The average Bonchev–Trinajstić information content (AvgIpc) is 2.77. The molecule has 1 fully saturated rings. The molecule has 11 heteroatoms. The summed E-state index contributed by atoms with van der Waals surface area (Å²) < 4.78 is 5.20. The van der Waals surface area contributed by atoms with Gasteiger partial charge < -0.3 is 30.4 Å². The maximum atomic E-state index is 12.1. The number of nitrogens with zero attached hydrogens (tertiary/aromatic N) is 6. The van der Waals surface area contributed by atoms with Crippen molar-refractivity contribution in [3.63, 3.8) is 0 Å². The molecule has 1 saturated heterocycles. The Labute approximate surface area is 168 Å². The minimum atomic E-state index is -0.263. The maximum Gasteiger partial charge on any atom is 0.254 e. The molecule has 1 aliphatic rings. The number of aldehydes is 1. The van der Waals surface area contributed by atoms with Crippen molar-refractivity contribution in [2.45, 2.75) is 6.42 Å². The van der Waals surface area contributed by atoms with Crippen LogP contribution >= 0.6 is 0 Å². The molecule has 3 heterocycles. The number of piperazine rings is 1. The van der Waals surface area contributed by atoms with E-state index in [0.717, 1.165) is 32.5 Å². The largest absolute Gasteiger partial charge is 0.396 e. The molecule has 0 unspecified atom stereocenters. The Balaban J connectivity index is 1.45. The number of nitrogens with two attached hydrogens (primary N) is 1. The molecule has 3 rings (SSSR count). The molecule has 0 bridgehead atoms. The van der Waals surface area contributed by atoms with Gasteiger partial charge in [0.25, 0.3) is 5.91 Å². The number of hydrogen-bond acceptors (Lipinski definition) is 10. The zero-order valence-electron chi connectivity index (χ0n) is 16.0. The number of carbonyl (C=O) groups is 2. The van der Waals surface area contributed by atoms with Crippen molar-refractivity contribution in [3.05, 3.63) is 30.4 Å². The van der Waals surface area contributed by atoms with E-state index < -0.39 is 0 Å². The van der Waals surface area contributed by atoms with Gasteiger partial charge in [-0.15, -0.1) is 0 Å². The summed E-state index contributed by atoms with van der Waals surface area (Å²) in [5.41, 5.74) is 6.55. The standard InChI is InChI=1S/C18H24N8O3/c19-15-12-23-18(24-13-15)26-5-3-25(4-6-26)17-21-10-14(11-22-17)16(28)20-2-9-29-8-1-7-27/h7,10-13H,1-6,8-9,19H2,(H,20,28). The first kappa shape index (κ1) is 20.4. The second-order valence-corrected chi connectivity index (χ2v) is 6.39. The molecular formula is C18H24N8O3. The highest BCUT2D eigenvalue weighted by molar-refractivity contribution is 5.93. The molecule has 0 saturated carbocycles. The molecule has 0 spiro atoms. The molecular weight excluding hydrogens is 376 g/mol. The summed E-state index contributed by atoms with van der Waals surface area (Å²) in [6.45, 7) is 3.97. The van der Waals surface area contributed by atoms with Gasteiger partial charge in [-0.25, -0.2) is 19.9 Å². The Hall–Kier alpha value is -3.34. The number of nitrogen functional groups attached to an aromatic ring is 1. The van der Waals surface area contributed by atoms with Crippen LogP contribution in [0, 0.1) is 0 Å². The third kappa shape index (κ3) is 5.82. The summed E-state index contributed by atoms with van der Waals surface area (Å²) in [6.07, 6.45) is 7.37. The Kier molecular flexibility index (Phi) is 7.22. The van der Waals surface area contributed by atoms with Crippen molar-refractivity contribution in [1.82, 2.24) is 25.3 Å². The van der Waals surface area contributed by atoms with Crippen LogP contribution in [0.3, 0.4) is 0 Å². The van der Waals surface area contributed by atoms with E-state index in [2.05, 4.69) is 35.1 Å². The highest BCUT2D eigenvalue weighted by Gasteiger charge is 2.21. The molecule has 0 aromatic carbocycles. The second-order valence-electron chi connectivity index (χ2n) is 6.39. The van der Waals surface area contributed by atoms with Crippen LogP contribution in [0.2, 0.25) is 0 Å². The summed E-state index contributed by atoms with van der Waals surface area (Å²) in [4.78, 5) is 43.5. The highest BCUT2D eigenvalue weighted by atomic mass is 16.5. The lowest BCUT2D eigenvalue weighted by Gasteiger charge is -2.34. The molecule has 0 aliphatic carbocycles. The first-order valence-electron chi connectivity index (χ1n) is 9.36. The molecule has 29 heavy (non-hydrogen) atoms. The van der Waals surface area contributed by atoms with Gasteiger partial charge in [0.05, 0.1) is 36.9 Å². The maximum absolute atomic E-state index is 12.1. The summed E-state index contributed by atoms with van der Waals surface area (Å²) >= 11 is 0. The lowest BCUT2D eigenvalue weighted by molar-refractivity contribution is -0.108. The fraction of sp³-hybridized carbons (Fsp3) is 0.444. The number of nitrogens with one attached hydrogen (secondary N) is 1. The Morgan fingerprint density at radius 2 is 1.55 bits per heavy atom. The summed E-state index contributed by atoms with van der Waals surface area (Å²) in [7, 11) is 0. The average molecular weight is 400 g/mol. The van der Waals surface area contributed by atoms with Crippen LogP contribution in [0.25, 0.3) is 0 Å². The Morgan fingerprint density at radius 3 is 2.10 bits per heavy atom. The monoisotopic (exact) mass is 400 g/mol. The van der Waals surface area contributed by atoms with E-state index >= 15 is 0 Å². The zero-order chi connectivity index (χ0) is 20.5. The fourth-order valence-corrected chi connectivity index (χ4v) is 2.78. The summed E-state index contributed by atoms with van der Waals surface area (Å²) in [5.74, 6) is 0.972. The Bertz CT molecular complexity index is 792. The number of amides is 1. The number of ether oxygens (including phenoxy) is 1. The van der Waals surface area contributed by atoms with E-state index in [0.29, 0.717) is 49.3 Å². The first-order chi connectivity index (χ1) is 14.2. The number of rotatable bonds is 9. The van der Waals surface area contributed by atoms with Crippen molar-refractivity contribution in [2.75, 3.05) is 61.5 Å². The van der Waals surface area contributed by atoms with E-state index in [9.17, 15) is 9.59 Å². The van der Waals surface area contributed by atoms with Gasteiger partial charge in [0, 0.05) is 51.5 Å². The number of carbonyl (C=O) groups excluding carboxylic acids is 2. The number of aromatic nitrogens is 4. The van der Waals surface area contributed by atoms with Gasteiger partial charge in [-0.1, -0.05) is 0 Å². The van der Waals surface area contributed by atoms with E-state index in [1.54, 1.807) is 12.4 Å². The van der Waals surface area contributed by atoms with Crippen molar-refractivity contribution < 1.29 is 14.3 Å².